The van der Waals surface area contributed by atoms with Crippen LogP contribution in [0.4, 0.5) is 0 Å². The molecule has 0 saturated heterocycles. The van der Waals surface area contributed by atoms with E-state index >= 15 is 0 Å². The van der Waals surface area contributed by atoms with E-state index in [0.717, 1.165) is 22.4 Å². The highest BCUT2D eigenvalue weighted by Gasteiger charge is 2.12. The van der Waals surface area contributed by atoms with Crippen molar-refractivity contribution in [2.45, 2.75) is 40.0 Å². The molecule has 0 aliphatic heterocycles. The average Bonchev–Trinajstić information content (AvgIpc) is 2.30. The number of carbonyl (C=O) groups excluding carboxylic acids is 2. The lowest BCUT2D eigenvalue weighted by molar-refractivity contribution is -0.117. The van der Waals surface area contributed by atoms with Crippen molar-refractivity contribution in [3.8, 4) is 5.75 Å². The molecule has 0 saturated carbocycles. The number of rotatable bonds is 6. The summed E-state index contributed by atoms with van der Waals surface area (Å²) < 4.78 is 5.22. The molecule has 0 bridgehead atoms. The molecule has 0 aliphatic rings. The van der Waals surface area contributed by atoms with Gasteiger partial charge >= 0.3 is 0 Å². The first-order chi connectivity index (χ1) is 8.45. The van der Waals surface area contributed by atoms with Crippen molar-refractivity contribution < 1.29 is 14.3 Å². The van der Waals surface area contributed by atoms with Crippen LogP contribution < -0.4 is 4.74 Å². The van der Waals surface area contributed by atoms with Crippen molar-refractivity contribution >= 4 is 11.6 Å². The normalized spacial score (nSPS) is 10.2. The predicted octanol–water partition coefficient (Wildman–Crippen LogP) is 3.25. The van der Waals surface area contributed by atoms with Crippen LogP contribution in [0.1, 0.15) is 47.7 Å². The first kappa shape index (κ1) is 14.4. The summed E-state index contributed by atoms with van der Waals surface area (Å²) in [5, 5.41) is 0. The van der Waals surface area contributed by atoms with Gasteiger partial charge in [0, 0.05) is 18.4 Å². The summed E-state index contributed by atoms with van der Waals surface area (Å²) >= 11 is 0. The molecule has 3 heteroatoms. The van der Waals surface area contributed by atoms with E-state index < -0.39 is 0 Å². The second kappa shape index (κ2) is 6.34. The summed E-state index contributed by atoms with van der Waals surface area (Å²) in [5.41, 5.74) is 2.61. The Kier molecular flexibility index (Phi) is 5.08. The molecular formula is C15H20O3. The highest BCUT2D eigenvalue weighted by atomic mass is 16.5. The SMILES string of the molecule is COc1cc(C)c(C(=O)CCCC(C)=O)cc1C. The lowest BCUT2D eigenvalue weighted by atomic mass is 9.98. The molecule has 1 rings (SSSR count). The van der Waals surface area contributed by atoms with E-state index in [1.807, 2.05) is 26.0 Å². The van der Waals surface area contributed by atoms with Crippen LogP contribution in [0.3, 0.4) is 0 Å². The van der Waals surface area contributed by atoms with Crippen LogP contribution in [-0.2, 0) is 4.79 Å². The summed E-state index contributed by atoms with van der Waals surface area (Å²) in [6.07, 6.45) is 1.52. The minimum Gasteiger partial charge on any atom is -0.496 e. The average molecular weight is 248 g/mol. The maximum atomic E-state index is 12.0. The number of Topliss-reactive ketones (excluding diaryl/α,β-unsaturated/α-hetero) is 2. The molecule has 0 spiro atoms. The van der Waals surface area contributed by atoms with Gasteiger partial charge in [0.05, 0.1) is 7.11 Å². The molecule has 0 amide bonds. The molecule has 1 aromatic carbocycles. The molecule has 0 unspecified atom stereocenters. The van der Waals surface area contributed by atoms with E-state index in [1.54, 1.807) is 14.0 Å². The van der Waals surface area contributed by atoms with Crippen LogP contribution in [0.2, 0.25) is 0 Å². The molecule has 3 nitrogen and oxygen atoms in total. The molecule has 0 atom stereocenters. The standard InChI is InChI=1S/C15H20O3/c1-10-9-15(18-4)11(2)8-13(10)14(17)7-5-6-12(3)16/h8-9H,5-7H2,1-4H3. The Morgan fingerprint density at radius 1 is 1.11 bits per heavy atom. The predicted molar refractivity (Wildman–Crippen MR) is 71.3 cm³/mol. The van der Waals surface area contributed by atoms with Crippen molar-refractivity contribution in [1.29, 1.82) is 0 Å². The number of aryl methyl sites for hydroxylation is 2. The minimum absolute atomic E-state index is 0.0968. The van der Waals surface area contributed by atoms with Gasteiger partial charge in [-0.1, -0.05) is 0 Å². The summed E-state index contributed by atoms with van der Waals surface area (Å²) in [6, 6.07) is 3.75. The number of hydrogen-bond donors (Lipinski definition) is 0. The van der Waals surface area contributed by atoms with Crippen LogP contribution >= 0.6 is 0 Å². The number of hydrogen-bond acceptors (Lipinski definition) is 3. The molecule has 0 fully saturated rings. The topological polar surface area (TPSA) is 43.4 Å². The Hall–Kier alpha value is -1.64. The third-order valence-electron chi connectivity index (χ3n) is 2.97. The first-order valence-corrected chi connectivity index (χ1v) is 6.13. The zero-order chi connectivity index (χ0) is 13.7. The second-order valence-electron chi connectivity index (χ2n) is 4.62. The summed E-state index contributed by atoms with van der Waals surface area (Å²) in [5.74, 6) is 1.03. The first-order valence-electron chi connectivity index (χ1n) is 6.13. The summed E-state index contributed by atoms with van der Waals surface area (Å²) in [7, 11) is 1.62. The number of ketones is 2. The molecule has 1 aromatic rings. The lowest BCUT2D eigenvalue weighted by Crippen LogP contribution is -2.04. The van der Waals surface area contributed by atoms with Gasteiger partial charge in [-0.15, -0.1) is 0 Å². The van der Waals surface area contributed by atoms with Gasteiger partial charge in [0.2, 0.25) is 0 Å². The fourth-order valence-corrected chi connectivity index (χ4v) is 1.94. The van der Waals surface area contributed by atoms with Crippen molar-refractivity contribution in [3.05, 3.63) is 28.8 Å². The molecule has 0 radical (unpaired) electrons. The molecular weight excluding hydrogens is 228 g/mol. The Bertz CT molecular complexity index is 461. The van der Waals surface area contributed by atoms with E-state index in [2.05, 4.69) is 0 Å². The summed E-state index contributed by atoms with van der Waals surface area (Å²) in [6.45, 7) is 5.37. The van der Waals surface area contributed by atoms with Crippen LogP contribution in [0.5, 0.6) is 5.75 Å². The smallest absolute Gasteiger partial charge is 0.163 e. The van der Waals surface area contributed by atoms with Crippen molar-refractivity contribution in [2.24, 2.45) is 0 Å². The Morgan fingerprint density at radius 3 is 2.33 bits per heavy atom. The second-order valence-corrected chi connectivity index (χ2v) is 4.62. The fraction of sp³-hybridized carbons (Fsp3) is 0.467. The largest absolute Gasteiger partial charge is 0.496 e. The molecule has 98 valence electrons. The van der Waals surface area contributed by atoms with E-state index in [4.69, 9.17) is 4.74 Å². The van der Waals surface area contributed by atoms with E-state index in [9.17, 15) is 9.59 Å². The Balaban J connectivity index is 2.80. The van der Waals surface area contributed by atoms with Gasteiger partial charge in [0.15, 0.2) is 5.78 Å². The lowest BCUT2D eigenvalue weighted by Gasteiger charge is -2.10. The van der Waals surface area contributed by atoms with Crippen LogP contribution in [0.25, 0.3) is 0 Å². The number of ether oxygens (including phenoxy) is 1. The van der Waals surface area contributed by atoms with Crippen LogP contribution in [-0.4, -0.2) is 18.7 Å². The van der Waals surface area contributed by atoms with Gasteiger partial charge in [0.1, 0.15) is 11.5 Å². The fourth-order valence-electron chi connectivity index (χ4n) is 1.94. The van der Waals surface area contributed by atoms with Crippen LogP contribution in [0, 0.1) is 13.8 Å². The zero-order valence-electron chi connectivity index (χ0n) is 11.5. The minimum atomic E-state index is 0.0968. The van der Waals surface area contributed by atoms with E-state index in [1.165, 1.54) is 0 Å². The van der Waals surface area contributed by atoms with Crippen LogP contribution in [0.15, 0.2) is 12.1 Å². The Morgan fingerprint density at radius 2 is 1.78 bits per heavy atom. The van der Waals surface area contributed by atoms with Gasteiger partial charge in [0.25, 0.3) is 0 Å². The highest BCUT2D eigenvalue weighted by Crippen LogP contribution is 2.23. The monoisotopic (exact) mass is 248 g/mol. The maximum Gasteiger partial charge on any atom is 0.163 e. The van der Waals surface area contributed by atoms with Crippen molar-refractivity contribution in [2.75, 3.05) is 7.11 Å². The molecule has 0 heterocycles. The van der Waals surface area contributed by atoms with Gasteiger partial charge in [-0.05, 0) is 50.5 Å². The quantitative estimate of drug-likeness (QED) is 0.726. The maximum absolute atomic E-state index is 12.0. The van der Waals surface area contributed by atoms with Crippen molar-refractivity contribution in [3.63, 3.8) is 0 Å². The van der Waals surface area contributed by atoms with Crippen molar-refractivity contribution in [1.82, 2.24) is 0 Å². The van der Waals surface area contributed by atoms with E-state index in [0.29, 0.717) is 19.3 Å². The van der Waals surface area contributed by atoms with Gasteiger partial charge in [-0.25, -0.2) is 0 Å². The van der Waals surface area contributed by atoms with E-state index in [-0.39, 0.29) is 11.6 Å². The Labute approximate surface area is 108 Å². The molecule has 0 N–H and O–H groups in total. The molecule has 18 heavy (non-hydrogen) atoms. The summed E-state index contributed by atoms with van der Waals surface area (Å²) in [4.78, 5) is 22.9. The van der Waals surface area contributed by atoms with Gasteiger partial charge in [-0.2, -0.15) is 0 Å². The number of carbonyl (C=O) groups is 2. The molecule has 0 aromatic heterocycles. The van der Waals surface area contributed by atoms with Gasteiger partial charge in [-0.3, -0.25) is 4.79 Å². The third kappa shape index (κ3) is 3.69. The van der Waals surface area contributed by atoms with Gasteiger partial charge < -0.3 is 9.53 Å². The highest BCUT2D eigenvalue weighted by molar-refractivity contribution is 5.98. The third-order valence-corrected chi connectivity index (χ3v) is 2.97. The number of benzene rings is 1. The zero-order valence-corrected chi connectivity index (χ0v) is 11.5. The molecule has 0 aliphatic carbocycles. The number of methoxy groups -OCH3 is 1.